The van der Waals surface area contributed by atoms with Gasteiger partial charge in [0.2, 0.25) is 0 Å². The highest BCUT2D eigenvalue weighted by atomic mass is 16.5. The van der Waals surface area contributed by atoms with E-state index >= 15 is 0 Å². The lowest BCUT2D eigenvalue weighted by molar-refractivity contribution is 0.295. The summed E-state index contributed by atoms with van der Waals surface area (Å²) in [4.78, 5) is 6.49. The third kappa shape index (κ3) is 6.29. The van der Waals surface area contributed by atoms with Crippen molar-refractivity contribution in [3.05, 3.63) is 53.6 Å². The van der Waals surface area contributed by atoms with Crippen LogP contribution in [0, 0.1) is 0 Å². The molecule has 158 valence electrons. The predicted octanol–water partition coefficient (Wildman–Crippen LogP) is 2.68. The Hall–Kier alpha value is -2.93. The average Bonchev–Trinajstić information content (AvgIpc) is 2.75. The van der Waals surface area contributed by atoms with E-state index in [1.165, 1.54) is 0 Å². The van der Waals surface area contributed by atoms with E-state index < -0.39 is 0 Å². The molecule has 2 aromatic carbocycles. The van der Waals surface area contributed by atoms with Gasteiger partial charge in [0.25, 0.3) is 0 Å². The fraction of sp³-hybridized carbons (Fsp3) is 0.409. The van der Waals surface area contributed by atoms with Gasteiger partial charge in [-0.2, -0.15) is 0 Å². The highest BCUT2D eigenvalue weighted by molar-refractivity contribution is 5.79. The molecule has 0 aliphatic carbocycles. The highest BCUT2D eigenvalue weighted by Crippen LogP contribution is 2.31. The van der Waals surface area contributed by atoms with E-state index in [1.54, 1.807) is 28.4 Å². The molecule has 0 saturated carbocycles. The monoisotopic (exact) mass is 400 g/mol. The van der Waals surface area contributed by atoms with Gasteiger partial charge in [-0.3, -0.25) is 4.99 Å². The molecule has 2 rings (SSSR count). The van der Waals surface area contributed by atoms with Gasteiger partial charge in [0, 0.05) is 20.1 Å². The summed E-state index contributed by atoms with van der Waals surface area (Å²) in [6.45, 7) is 1.36. The normalized spacial score (nSPS) is 12.4. The van der Waals surface area contributed by atoms with Crippen molar-refractivity contribution in [1.82, 2.24) is 15.5 Å². The molecule has 2 N–H and O–H groups in total. The van der Waals surface area contributed by atoms with Crippen molar-refractivity contribution in [2.24, 2.45) is 4.99 Å². The highest BCUT2D eigenvalue weighted by Gasteiger charge is 2.17. The summed E-state index contributed by atoms with van der Waals surface area (Å²) in [6.07, 6.45) is 0. The molecule has 1 atom stereocenters. The molecule has 0 aromatic heterocycles. The second-order valence-corrected chi connectivity index (χ2v) is 6.75. The molecule has 7 heteroatoms. The maximum atomic E-state index is 5.45. The van der Waals surface area contributed by atoms with Gasteiger partial charge in [-0.1, -0.05) is 18.2 Å². The Morgan fingerprint density at radius 1 is 0.931 bits per heavy atom. The van der Waals surface area contributed by atoms with Gasteiger partial charge < -0.3 is 29.7 Å². The maximum Gasteiger partial charge on any atom is 0.191 e. The number of hydrogen-bond acceptors (Lipinski definition) is 5. The molecule has 0 bridgehead atoms. The summed E-state index contributed by atoms with van der Waals surface area (Å²) in [5, 5.41) is 6.75. The van der Waals surface area contributed by atoms with E-state index in [4.69, 9.17) is 14.2 Å². The standard InChI is InChI=1S/C22H32N4O3/c1-23-22(24-14-16-7-10-18(27-4)11-8-16)25-15-19(26(2)3)17-9-12-20(28-5)21(13-17)29-6/h7-13,19H,14-15H2,1-6H3,(H2,23,24,25). The zero-order valence-corrected chi connectivity index (χ0v) is 18.2. The van der Waals surface area contributed by atoms with E-state index in [0.29, 0.717) is 13.1 Å². The van der Waals surface area contributed by atoms with Crippen LogP contribution in [0.4, 0.5) is 0 Å². The summed E-state index contributed by atoms with van der Waals surface area (Å²) in [5.41, 5.74) is 2.28. The minimum Gasteiger partial charge on any atom is -0.497 e. The van der Waals surface area contributed by atoms with Crippen molar-refractivity contribution >= 4 is 5.96 Å². The molecule has 0 aliphatic rings. The van der Waals surface area contributed by atoms with Crippen LogP contribution in [0.25, 0.3) is 0 Å². The topological polar surface area (TPSA) is 67.4 Å². The zero-order chi connectivity index (χ0) is 21.2. The Balaban J connectivity index is 2.00. The van der Waals surface area contributed by atoms with Gasteiger partial charge in [-0.15, -0.1) is 0 Å². The van der Waals surface area contributed by atoms with Crippen LogP contribution in [0.1, 0.15) is 17.2 Å². The number of aliphatic imine (C=N–C) groups is 1. The molecule has 0 spiro atoms. The minimum atomic E-state index is 0.134. The number of methoxy groups -OCH3 is 3. The molecule has 0 radical (unpaired) electrons. The Morgan fingerprint density at radius 2 is 1.62 bits per heavy atom. The molecule has 2 aromatic rings. The first kappa shape index (κ1) is 22.4. The van der Waals surface area contributed by atoms with Crippen molar-refractivity contribution in [3.8, 4) is 17.2 Å². The second kappa shape index (κ2) is 11.2. The Bertz CT molecular complexity index is 791. The average molecular weight is 401 g/mol. The van der Waals surface area contributed by atoms with Crippen LogP contribution in [-0.4, -0.2) is 59.9 Å². The second-order valence-electron chi connectivity index (χ2n) is 6.75. The smallest absolute Gasteiger partial charge is 0.191 e. The van der Waals surface area contributed by atoms with Gasteiger partial charge in [-0.05, 0) is 49.5 Å². The van der Waals surface area contributed by atoms with E-state index in [0.717, 1.165) is 34.3 Å². The van der Waals surface area contributed by atoms with Crippen molar-refractivity contribution in [2.75, 3.05) is 49.0 Å². The number of benzene rings is 2. The number of guanidine groups is 1. The Kier molecular flexibility index (Phi) is 8.61. The lowest BCUT2D eigenvalue weighted by Crippen LogP contribution is -2.41. The van der Waals surface area contributed by atoms with Crippen LogP contribution >= 0.6 is 0 Å². The van der Waals surface area contributed by atoms with Crippen LogP contribution in [0.15, 0.2) is 47.5 Å². The van der Waals surface area contributed by atoms with E-state index in [2.05, 4.69) is 40.7 Å². The molecule has 29 heavy (non-hydrogen) atoms. The molecule has 0 amide bonds. The van der Waals surface area contributed by atoms with Crippen LogP contribution in [0.2, 0.25) is 0 Å². The predicted molar refractivity (Wildman–Crippen MR) is 117 cm³/mol. The first-order valence-corrected chi connectivity index (χ1v) is 9.48. The molecular formula is C22H32N4O3. The van der Waals surface area contributed by atoms with Crippen molar-refractivity contribution < 1.29 is 14.2 Å². The summed E-state index contributed by atoms with van der Waals surface area (Å²) in [7, 11) is 10.8. The van der Waals surface area contributed by atoms with Crippen LogP contribution in [0.5, 0.6) is 17.2 Å². The molecular weight excluding hydrogens is 368 g/mol. The minimum absolute atomic E-state index is 0.134. The summed E-state index contributed by atoms with van der Waals surface area (Å²) in [6, 6.07) is 14.1. The van der Waals surface area contributed by atoms with Gasteiger partial charge >= 0.3 is 0 Å². The van der Waals surface area contributed by atoms with Crippen LogP contribution in [-0.2, 0) is 6.54 Å². The molecule has 1 unspecified atom stereocenters. The Labute approximate surface area is 173 Å². The van der Waals surface area contributed by atoms with Crippen molar-refractivity contribution in [3.63, 3.8) is 0 Å². The number of nitrogens with one attached hydrogen (secondary N) is 2. The number of rotatable bonds is 9. The molecule has 0 saturated heterocycles. The van der Waals surface area contributed by atoms with Crippen LogP contribution < -0.4 is 24.8 Å². The van der Waals surface area contributed by atoms with Gasteiger partial charge in [0.1, 0.15) is 5.75 Å². The van der Waals surface area contributed by atoms with Gasteiger partial charge in [0.15, 0.2) is 17.5 Å². The van der Waals surface area contributed by atoms with Crippen LogP contribution in [0.3, 0.4) is 0 Å². The first-order chi connectivity index (χ1) is 14.0. The molecule has 0 heterocycles. The van der Waals surface area contributed by atoms with E-state index in [9.17, 15) is 0 Å². The molecule has 0 fully saturated rings. The largest absolute Gasteiger partial charge is 0.497 e. The fourth-order valence-corrected chi connectivity index (χ4v) is 3.00. The number of hydrogen-bond donors (Lipinski definition) is 2. The molecule has 7 nitrogen and oxygen atoms in total. The number of ether oxygens (including phenoxy) is 3. The maximum absolute atomic E-state index is 5.45. The SMILES string of the molecule is CN=C(NCc1ccc(OC)cc1)NCC(c1ccc(OC)c(OC)c1)N(C)C. The zero-order valence-electron chi connectivity index (χ0n) is 18.2. The lowest BCUT2D eigenvalue weighted by atomic mass is 10.1. The summed E-state index contributed by atoms with van der Waals surface area (Å²) in [5.74, 6) is 3.03. The van der Waals surface area contributed by atoms with E-state index in [-0.39, 0.29) is 6.04 Å². The quantitative estimate of drug-likeness (QED) is 0.498. The first-order valence-electron chi connectivity index (χ1n) is 9.48. The third-order valence-corrected chi connectivity index (χ3v) is 4.72. The Morgan fingerprint density at radius 3 is 2.17 bits per heavy atom. The third-order valence-electron chi connectivity index (χ3n) is 4.72. The molecule has 0 aliphatic heterocycles. The van der Waals surface area contributed by atoms with Crippen molar-refractivity contribution in [2.45, 2.75) is 12.6 Å². The fourth-order valence-electron chi connectivity index (χ4n) is 3.00. The summed E-state index contributed by atoms with van der Waals surface area (Å²) < 4.78 is 16.0. The van der Waals surface area contributed by atoms with E-state index in [1.807, 2.05) is 36.4 Å². The van der Waals surface area contributed by atoms with Gasteiger partial charge in [0.05, 0.1) is 27.4 Å². The van der Waals surface area contributed by atoms with Gasteiger partial charge in [-0.25, -0.2) is 0 Å². The number of nitrogens with zero attached hydrogens (tertiary/aromatic N) is 2. The lowest BCUT2D eigenvalue weighted by Gasteiger charge is -2.26. The van der Waals surface area contributed by atoms with Crippen molar-refractivity contribution in [1.29, 1.82) is 0 Å². The number of likely N-dealkylation sites (N-methyl/N-ethyl adjacent to an activating group) is 1. The summed E-state index contributed by atoms with van der Waals surface area (Å²) >= 11 is 0.